The third-order valence-electron chi connectivity index (χ3n) is 4.01. The van der Waals surface area contributed by atoms with E-state index in [1.165, 1.54) is 17.8 Å². The van der Waals surface area contributed by atoms with Crippen LogP contribution in [0, 0.1) is 0 Å². The fraction of sp³-hybridized carbons (Fsp3) is 0.190. The molecule has 5 nitrogen and oxygen atoms in total. The van der Waals surface area contributed by atoms with Crippen molar-refractivity contribution in [3.8, 4) is 0 Å². The van der Waals surface area contributed by atoms with E-state index < -0.39 is 0 Å². The number of rotatable bonds is 7. The van der Waals surface area contributed by atoms with E-state index in [9.17, 15) is 9.59 Å². The molecule has 0 aliphatic heterocycles. The number of benzene rings is 2. The van der Waals surface area contributed by atoms with Gasteiger partial charge in [-0.3, -0.25) is 9.59 Å². The second-order valence-corrected chi connectivity index (χ2v) is 7.16. The minimum Gasteiger partial charge on any atom is -0.349 e. The predicted molar refractivity (Wildman–Crippen MR) is 108 cm³/mol. The normalized spacial score (nSPS) is 11.7. The first-order valence-electron chi connectivity index (χ1n) is 8.71. The van der Waals surface area contributed by atoms with Crippen molar-refractivity contribution in [2.24, 2.45) is 0 Å². The number of aromatic amines is 1. The molecule has 1 amide bonds. The van der Waals surface area contributed by atoms with Gasteiger partial charge in [-0.2, -0.15) is 0 Å². The Kier molecular flexibility index (Phi) is 6.44. The van der Waals surface area contributed by atoms with Crippen LogP contribution in [0.15, 0.2) is 76.7 Å². The number of hydrogen-bond donors (Lipinski definition) is 2. The first-order valence-corrected chi connectivity index (χ1v) is 9.70. The summed E-state index contributed by atoms with van der Waals surface area (Å²) in [5.74, 6) is 0.535. The van der Waals surface area contributed by atoms with Gasteiger partial charge in [-0.15, -0.1) is 0 Å². The summed E-state index contributed by atoms with van der Waals surface area (Å²) in [5.41, 5.74) is 2.39. The van der Waals surface area contributed by atoms with Crippen LogP contribution in [0.1, 0.15) is 29.8 Å². The van der Waals surface area contributed by atoms with E-state index in [0.717, 1.165) is 11.1 Å². The van der Waals surface area contributed by atoms with Crippen LogP contribution in [0.5, 0.6) is 0 Å². The highest BCUT2D eigenvalue weighted by molar-refractivity contribution is 7.98. The van der Waals surface area contributed by atoms with Crippen LogP contribution in [0.3, 0.4) is 0 Å². The molecule has 2 aromatic carbocycles. The third kappa shape index (κ3) is 5.82. The molecule has 6 heteroatoms. The van der Waals surface area contributed by atoms with Gasteiger partial charge in [-0.25, -0.2) is 4.98 Å². The van der Waals surface area contributed by atoms with Crippen molar-refractivity contribution in [3.05, 3.63) is 93.9 Å². The molecule has 0 fully saturated rings. The zero-order chi connectivity index (χ0) is 19.1. The van der Waals surface area contributed by atoms with Crippen LogP contribution in [-0.4, -0.2) is 15.9 Å². The first kappa shape index (κ1) is 18.9. The number of hydrogen-bond acceptors (Lipinski definition) is 4. The number of carbonyl (C=O) groups is 1. The summed E-state index contributed by atoms with van der Waals surface area (Å²) < 4.78 is 0. The summed E-state index contributed by atoms with van der Waals surface area (Å²) in [6, 6.07) is 21.0. The number of H-pyrrole nitrogens is 1. The molecule has 3 rings (SSSR count). The van der Waals surface area contributed by atoms with Gasteiger partial charge in [0, 0.05) is 11.8 Å². The fourth-order valence-corrected chi connectivity index (χ4v) is 3.50. The quantitative estimate of drug-likeness (QED) is 0.487. The molecule has 0 saturated carbocycles. The van der Waals surface area contributed by atoms with Gasteiger partial charge in [0.1, 0.15) is 0 Å². The highest BCUT2D eigenvalue weighted by Gasteiger charge is 2.12. The van der Waals surface area contributed by atoms with E-state index >= 15 is 0 Å². The summed E-state index contributed by atoms with van der Waals surface area (Å²) in [7, 11) is 0. The Morgan fingerprint density at radius 1 is 1.11 bits per heavy atom. The molecule has 0 saturated heterocycles. The monoisotopic (exact) mass is 379 g/mol. The third-order valence-corrected chi connectivity index (χ3v) is 4.95. The molecule has 0 spiro atoms. The summed E-state index contributed by atoms with van der Waals surface area (Å²) in [6.45, 7) is 1.93. The highest BCUT2D eigenvalue weighted by atomic mass is 32.2. The van der Waals surface area contributed by atoms with Gasteiger partial charge in [0.2, 0.25) is 5.91 Å². The van der Waals surface area contributed by atoms with Gasteiger partial charge in [0.05, 0.1) is 18.2 Å². The average Bonchev–Trinajstić information content (AvgIpc) is 2.67. The summed E-state index contributed by atoms with van der Waals surface area (Å²) in [6.07, 6.45) is 0.0694. The zero-order valence-electron chi connectivity index (χ0n) is 15.0. The van der Waals surface area contributed by atoms with Gasteiger partial charge < -0.3 is 10.3 Å². The van der Waals surface area contributed by atoms with Crippen LogP contribution in [0.2, 0.25) is 0 Å². The lowest BCUT2D eigenvalue weighted by atomic mass is 10.1. The second-order valence-electron chi connectivity index (χ2n) is 6.19. The zero-order valence-corrected chi connectivity index (χ0v) is 15.8. The van der Waals surface area contributed by atoms with E-state index in [0.29, 0.717) is 16.6 Å². The van der Waals surface area contributed by atoms with E-state index in [4.69, 9.17) is 0 Å². The Hall–Kier alpha value is -2.86. The molecule has 1 aromatic heterocycles. The smallest absolute Gasteiger partial charge is 0.251 e. The molecular formula is C21H21N3O2S. The van der Waals surface area contributed by atoms with Crippen LogP contribution < -0.4 is 10.9 Å². The molecule has 3 aromatic rings. The molecule has 1 heterocycles. The standard InChI is InChI=1S/C21H21N3O2S/c1-15(17-10-6-3-7-11-17)22-19(25)12-18-13-20(26)24-21(23-18)27-14-16-8-4-2-5-9-16/h2-11,13,15H,12,14H2,1H3,(H,22,25)(H,23,24,26). The van der Waals surface area contributed by atoms with E-state index in [2.05, 4.69) is 15.3 Å². The number of aromatic nitrogens is 2. The highest BCUT2D eigenvalue weighted by Crippen LogP contribution is 2.18. The lowest BCUT2D eigenvalue weighted by molar-refractivity contribution is -0.121. The van der Waals surface area contributed by atoms with Crippen molar-refractivity contribution >= 4 is 17.7 Å². The fourth-order valence-electron chi connectivity index (χ4n) is 2.65. The van der Waals surface area contributed by atoms with Gasteiger partial charge in [-0.05, 0) is 18.1 Å². The van der Waals surface area contributed by atoms with Gasteiger partial charge in [0.15, 0.2) is 5.16 Å². The van der Waals surface area contributed by atoms with Crippen molar-refractivity contribution in [1.82, 2.24) is 15.3 Å². The van der Waals surface area contributed by atoms with Crippen LogP contribution >= 0.6 is 11.8 Å². The Labute approximate surface area is 162 Å². The van der Waals surface area contributed by atoms with E-state index in [1.807, 2.05) is 67.6 Å². The Morgan fingerprint density at radius 3 is 2.48 bits per heavy atom. The minimum atomic E-state index is -0.250. The Balaban J connectivity index is 1.61. The number of amides is 1. The number of carbonyl (C=O) groups excluding carboxylic acids is 1. The van der Waals surface area contributed by atoms with Crippen molar-refractivity contribution in [2.45, 2.75) is 30.3 Å². The predicted octanol–water partition coefficient (Wildman–Crippen LogP) is 3.48. The molecule has 0 radical (unpaired) electrons. The SMILES string of the molecule is CC(NC(=O)Cc1cc(=O)[nH]c(SCc2ccccc2)n1)c1ccccc1. The first-order chi connectivity index (χ1) is 13.1. The van der Waals surface area contributed by atoms with Crippen molar-refractivity contribution in [3.63, 3.8) is 0 Å². The Bertz CT molecular complexity index is 942. The molecule has 1 unspecified atom stereocenters. The molecule has 0 aliphatic rings. The van der Waals surface area contributed by atoms with Crippen LogP contribution in [-0.2, 0) is 17.0 Å². The maximum Gasteiger partial charge on any atom is 0.251 e. The summed E-state index contributed by atoms with van der Waals surface area (Å²) >= 11 is 1.44. The van der Waals surface area contributed by atoms with Gasteiger partial charge >= 0.3 is 0 Å². The number of nitrogens with one attached hydrogen (secondary N) is 2. The minimum absolute atomic E-state index is 0.0694. The van der Waals surface area contributed by atoms with E-state index in [1.54, 1.807) is 0 Å². The molecule has 2 N–H and O–H groups in total. The number of nitrogens with zero attached hydrogens (tertiary/aromatic N) is 1. The maximum absolute atomic E-state index is 12.3. The lowest BCUT2D eigenvalue weighted by Crippen LogP contribution is -2.29. The van der Waals surface area contributed by atoms with Gasteiger partial charge in [0.25, 0.3) is 5.56 Å². The maximum atomic E-state index is 12.3. The van der Waals surface area contributed by atoms with Gasteiger partial charge in [-0.1, -0.05) is 72.4 Å². The molecule has 1 atom stereocenters. The van der Waals surface area contributed by atoms with Crippen LogP contribution in [0.25, 0.3) is 0 Å². The molecule has 0 aliphatic carbocycles. The molecule has 138 valence electrons. The van der Waals surface area contributed by atoms with Crippen molar-refractivity contribution in [1.29, 1.82) is 0 Å². The number of thioether (sulfide) groups is 1. The molecule has 27 heavy (non-hydrogen) atoms. The summed E-state index contributed by atoms with van der Waals surface area (Å²) in [5, 5.41) is 3.46. The molecular weight excluding hydrogens is 358 g/mol. The average molecular weight is 379 g/mol. The van der Waals surface area contributed by atoms with Crippen molar-refractivity contribution < 1.29 is 4.79 Å². The second kappa shape index (κ2) is 9.19. The van der Waals surface area contributed by atoms with Crippen molar-refractivity contribution in [2.75, 3.05) is 0 Å². The van der Waals surface area contributed by atoms with E-state index in [-0.39, 0.29) is 23.9 Å². The largest absolute Gasteiger partial charge is 0.349 e. The Morgan fingerprint density at radius 2 is 1.78 bits per heavy atom. The van der Waals surface area contributed by atoms with Crippen LogP contribution in [0.4, 0.5) is 0 Å². The topological polar surface area (TPSA) is 74.8 Å². The summed E-state index contributed by atoms with van der Waals surface area (Å²) in [4.78, 5) is 31.4. The molecule has 0 bridgehead atoms. The lowest BCUT2D eigenvalue weighted by Gasteiger charge is -2.14.